The predicted octanol–water partition coefficient (Wildman–Crippen LogP) is 3.95. The highest BCUT2D eigenvalue weighted by atomic mass is 79.9. The zero-order valence-electron chi connectivity index (χ0n) is 11.4. The summed E-state index contributed by atoms with van der Waals surface area (Å²) < 4.78 is 6.55. The van der Waals surface area contributed by atoms with E-state index in [1.165, 1.54) is 5.56 Å². The first-order valence-corrected chi connectivity index (χ1v) is 7.37. The van der Waals surface area contributed by atoms with Crippen molar-refractivity contribution >= 4 is 21.6 Å². The van der Waals surface area contributed by atoms with Crippen LogP contribution in [-0.4, -0.2) is 11.7 Å². The molecule has 20 heavy (non-hydrogen) atoms. The lowest BCUT2D eigenvalue weighted by Gasteiger charge is -2.12. The summed E-state index contributed by atoms with van der Waals surface area (Å²) in [5.41, 5.74) is 2.95. The van der Waals surface area contributed by atoms with E-state index in [1.807, 2.05) is 43.3 Å². The molecule has 2 N–H and O–H groups in total. The summed E-state index contributed by atoms with van der Waals surface area (Å²) in [6.45, 7) is 3.22. The van der Waals surface area contributed by atoms with E-state index in [4.69, 9.17) is 4.74 Å². The van der Waals surface area contributed by atoms with Gasteiger partial charge in [-0.2, -0.15) is 0 Å². The van der Waals surface area contributed by atoms with E-state index in [1.54, 1.807) is 0 Å². The van der Waals surface area contributed by atoms with Crippen molar-refractivity contribution in [2.75, 3.05) is 11.9 Å². The Hall–Kier alpha value is -1.52. The van der Waals surface area contributed by atoms with Gasteiger partial charge >= 0.3 is 0 Å². The second-order valence-electron chi connectivity index (χ2n) is 4.36. The second-order valence-corrected chi connectivity index (χ2v) is 5.21. The summed E-state index contributed by atoms with van der Waals surface area (Å²) in [4.78, 5) is 0. The fraction of sp³-hybridized carbons (Fsp3) is 0.250. The van der Waals surface area contributed by atoms with Crippen LogP contribution in [0.1, 0.15) is 18.1 Å². The molecule has 0 atom stereocenters. The zero-order chi connectivity index (χ0) is 14.4. The Labute approximate surface area is 127 Å². The number of benzene rings is 2. The maximum Gasteiger partial charge on any atom is 0.124 e. The monoisotopic (exact) mass is 335 g/mol. The van der Waals surface area contributed by atoms with Crippen LogP contribution in [0.15, 0.2) is 46.9 Å². The lowest BCUT2D eigenvalue weighted by Crippen LogP contribution is -2.02. The van der Waals surface area contributed by atoms with Gasteiger partial charge in [-0.1, -0.05) is 34.1 Å². The molecule has 0 saturated carbocycles. The predicted molar refractivity (Wildman–Crippen MR) is 85.0 cm³/mol. The molecule has 4 heteroatoms. The molecule has 0 aliphatic carbocycles. The highest BCUT2D eigenvalue weighted by molar-refractivity contribution is 9.10. The van der Waals surface area contributed by atoms with Gasteiger partial charge in [0.25, 0.3) is 0 Å². The van der Waals surface area contributed by atoms with Crippen LogP contribution in [0.5, 0.6) is 5.75 Å². The average Bonchev–Trinajstić information content (AvgIpc) is 2.48. The van der Waals surface area contributed by atoms with Crippen LogP contribution in [0.25, 0.3) is 0 Å². The summed E-state index contributed by atoms with van der Waals surface area (Å²) >= 11 is 3.53. The Bertz CT molecular complexity index is 572. The maximum absolute atomic E-state index is 9.38. The van der Waals surface area contributed by atoms with Crippen molar-refractivity contribution in [3.8, 4) is 5.75 Å². The van der Waals surface area contributed by atoms with Gasteiger partial charge in [0.2, 0.25) is 0 Å². The van der Waals surface area contributed by atoms with Crippen molar-refractivity contribution in [3.05, 3.63) is 58.1 Å². The Kier molecular flexibility index (Phi) is 5.44. The molecular formula is C16H18BrNO2. The summed E-state index contributed by atoms with van der Waals surface area (Å²) in [6, 6.07) is 13.9. The molecule has 0 heterocycles. The van der Waals surface area contributed by atoms with Crippen LogP contribution in [0, 0.1) is 0 Å². The second kappa shape index (κ2) is 7.31. The van der Waals surface area contributed by atoms with E-state index in [0.717, 1.165) is 28.0 Å². The molecule has 0 fully saturated rings. The van der Waals surface area contributed by atoms with Crippen LogP contribution < -0.4 is 10.1 Å². The molecule has 0 spiro atoms. The highest BCUT2D eigenvalue weighted by Crippen LogP contribution is 2.24. The Morgan fingerprint density at radius 3 is 2.65 bits per heavy atom. The normalized spacial score (nSPS) is 10.3. The molecule has 106 valence electrons. The van der Waals surface area contributed by atoms with Crippen molar-refractivity contribution in [3.63, 3.8) is 0 Å². The third-order valence-electron chi connectivity index (χ3n) is 2.97. The number of halogens is 1. The standard InChI is InChI=1S/C16H18BrNO2/c1-2-20-16-8-7-14(9-13(16)11-19)18-10-12-5-3-4-6-15(12)17/h3-9,18-19H,2,10-11H2,1H3. The van der Waals surface area contributed by atoms with Crippen molar-refractivity contribution < 1.29 is 9.84 Å². The molecule has 0 amide bonds. The third-order valence-corrected chi connectivity index (χ3v) is 3.75. The van der Waals surface area contributed by atoms with Gasteiger partial charge in [0, 0.05) is 22.3 Å². The van der Waals surface area contributed by atoms with E-state index < -0.39 is 0 Å². The number of aliphatic hydroxyl groups excluding tert-OH is 1. The van der Waals surface area contributed by atoms with Crippen LogP contribution >= 0.6 is 15.9 Å². The van der Waals surface area contributed by atoms with E-state index in [9.17, 15) is 5.11 Å². The van der Waals surface area contributed by atoms with Crippen LogP contribution in [0.3, 0.4) is 0 Å². The first-order valence-electron chi connectivity index (χ1n) is 6.58. The quantitative estimate of drug-likeness (QED) is 0.839. The molecule has 0 unspecified atom stereocenters. The average molecular weight is 336 g/mol. The molecule has 2 aromatic carbocycles. The summed E-state index contributed by atoms with van der Waals surface area (Å²) in [6.07, 6.45) is 0. The van der Waals surface area contributed by atoms with E-state index in [2.05, 4.69) is 27.3 Å². The van der Waals surface area contributed by atoms with Gasteiger partial charge in [-0.05, 0) is 36.8 Å². The molecular weight excluding hydrogens is 318 g/mol. The van der Waals surface area contributed by atoms with Crippen molar-refractivity contribution in [1.29, 1.82) is 0 Å². The van der Waals surface area contributed by atoms with E-state index in [0.29, 0.717) is 6.61 Å². The fourth-order valence-electron chi connectivity index (χ4n) is 1.95. The van der Waals surface area contributed by atoms with Gasteiger partial charge in [0.1, 0.15) is 5.75 Å². The molecule has 2 aromatic rings. The number of ether oxygens (including phenoxy) is 1. The van der Waals surface area contributed by atoms with Gasteiger partial charge < -0.3 is 15.2 Å². The zero-order valence-corrected chi connectivity index (χ0v) is 13.0. The summed E-state index contributed by atoms with van der Waals surface area (Å²) in [5.74, 6) is 0.737. The Morgan fingerprint density at radius 1 is 1.15 bits per heavy atom. The molecule has 2 rings (SSSR count). The summed E-state index contributed by atoms with van der Waals surface area (Å²) in [7, 11) is 0. The molecule has 0 bridgehead atoms. The first kappa shape index (κ1) is 14.9. The number of hydrogen-bond acceptors (Lipinski definition) is 3. The fourth-order valence-corrected chi connectivity index (χ4v) is 2.37. The van der Waals surface area contributed by atoms with Gasteiger partial charge in [0.05, 0.1) is 13.2 Å². The first-order chi connectivity index (χ1) is 9.74. The van der Waals surface area contributed by atoms with Gasteiger partial charge in [0.15, 0.2) is 0 Å². The minimum absolute atomic E-state index is 0.0279. The van der Waals surface area contributed by atoms with Crippen molar-refractivity contribution in [2.24, 2.45) is 0 Å². The number of hydrogen-bond donors (Lipinski definition) is 2. The highest BCUT2D eigenvalue weighted by Gasteiger charge is 2.04. The third kappa shape index (κ3) is 3.74. The molecule has 0 aliphatic heterocycles. The number of rotatable bonds is 6. The lowest BCUT2D eigenvalue weighted by molar-refractivity contribution is 0.267. The van der Waals surface area contributed by atoms with Crippen LogP contribution in [0.4, 0.5) is 5.69 Å². The van der Waals surface area contributed by atoms with Gasteiger partial charge in [-0.15, -0.1) is 0 Å². The minimum atomic E-state index is -0.0279. The van der Waals surface area contributed by atoms with Crippen molar-refractivity contribution in [1.82, 2.24) is 0 Å². The van der Waals surface area contributed by atoms with Gasteiger partial charge in [-0.3, -0.25) is 0 Å². The summed E-state index contributed by atoms with van der Waals surface area (Å²) in [5, 5.41) is 12.7. The molecule has 3 nitrogen and oxygen atoms in total. The number of aliphatic hydroxyl groups is 1. The van der Waals surface area contributed by atoms with E-state index in [-0.39, 0.29) is 6.61 Å². The molecule has 0 saturated heterocycles. The number of nitrogens with one attached hydrogen (secondary N) is 1. The molecule has 0 aliphatic rings. The minimum Gasteiger partial charge on any atom is -0.494 e. The maximum atomic E-state index is 9.38. The molecule has 0 aromatic heterocycles. The largest absolute Gasteiger partial charge is 0.494 e. The lowest BCUT2D eigenvalue weighted by atomic mass is 10.1. The van der Waals surface area contributed by atoms with Gasteiger partial charge in [-0.25, -0.2) is 0 Å². The van der Waals surface area contributed by atoms with Crippen molar-refractivity contribution in [2.45, 2.75) is 20.1 Å². The Morgan fingerprint density at radius 2 is 1.95 bits per heavy atom. The number of anilines is 1. The van der Waals surface area contributed by atoms with Crippen LogP contribution in [-0.2, 0) is 13.2 Å². The van der Waals surface area contributed by atoms with E-state index >= 15 is 0 Å². The van der Waals surface area contributed by atoms with Crippen LogP contribution in [0.2, 0.25) is 0 Å². The Balaban J connectivity index is 2.08. The topological polar surface area (TPSA) is 41.5 Å². The SMILES string of the molecule is CCOc1ccc(NCc2ccccc2Br)cc1CO. The smallest absolute Gasteiger partial charge is 0.124 e. The molecule has 0 radical (unpaired) electrons.